The molecule has 0 bridgehead atoms. The van der Waals surface area contributed by atoms with Crippen LogP contribution in [-0.4, -0.2) is 13.1 Å². The number of hydrogen-bond donors (Lipinski definition) is 0. The van der Waals surface area contributed by atoms with Gasteiger partial charge in [0.05, 0.1) is 11.3 Å². The molecule has 0 spiro atoms. The van der Waals surface area contributed by atoms with Crippen molar-refractivity contribution in [2.45, 2.75) is 12.6 Å². The predicted octanol–water partition coefficient (Wildman–Crippen LogP) is 3.92. The van der Waals surface area contributed by atoms with Crippen molar-refractivity contribution in [3.8, 4) is 0 Å². The van der Waals surface area contributed by atoms with Crippen molar-refractivity contribution < 1.29 is 13.2 Å². The largest absolute Gasteiger partial charge is 0.416 e. The van der Waals surface area contributed by atoms with Gasteiger partial charge in [0, 0.05) is 17.6 Å². The summed E-state index contributed by atoms with van der Waals surface area (Å²) >= 11 is 3.33. The van der Waals surface area contributed by atoms with Crippen molar-refractivity contribution in [2.75, 3.05) is 18.0 Å². The molecule has 5 heteroatoms. The predicted molar refractivity (Wildman–Crippen MR) is 63.0 cm³/mol. The first-order valence-corrected chi connectivity index (χ1v) is 6.36. The standard InChI is InChI=1S/C12H11BrF3N/c13-10-2-1-9(12(14,15)16)4-11(10)17-5-7-3-8(7)6-17/h1-2,4,7-8H,3,5-6H2. The number of halogens is 4. The van der Waals surface area contributed by atoms with E-state index in [1.165, 1.54) is 18.6 Å². The van der Waals surface area contributed by atoms with Crippen molar-refractivity contribution in [2.24, 2.45) is 11.8 Å². The topological polar surface area (TPSA) is 3.24 Å². The van der Waals surface area contributed by atoms with Crippen LogP contribution in [-0.2, 0) is 6.18 Å². The van der Waals surface area contributed by atoms with Gasteiger partial charge < -0.3 is 4.90 Å². The molecular formula is C12H11BrF3N. The summed E-state index contributed by atoms with van der Waals surface area (Å²) in [7, 11) is 0. The van der Waals surface area contributed by atoms with Gasteiger partial charge in [-0.3, -0.25) is 0 Å². The number of hydrogen-bond acceptors (Lipinski definition) is 1. The number of anilines is 1. The number of rotatable bonds is 1. The first-order valence-electron chi connectivity index (χ1n) is 5.57. The maximum absolute atomic E-state index is 12.6. The highest BCUT2D eigenvalue weighted by molar-refractivity contribution is 9.10. The molecular weight excluding hydrogens is 295 g/mol. The van der Waals surface area contributed by atoms with E-state index >= 15 is 0 Å². The zero-order valence-electron chi connectivity index (χ0n) is 8.97. The molecule has 0 N–H and O–H groups in total. The summed E-state index contributed by atoms with van der Waals surface area (Å²) in [5.41, 5.74) is 0.100. The molecule has 1 aliphatic heterocycles. The Morgan fingerprint density at radius 3 is 2.41 bits per heavy atom. The number of fused-ring (bicyclic) bond motifs is 1. The molecule has 92 valence electrons. The highest BCUT2D eigenvalue weighted by Crippen LogP contribution is 2.48. The average Bonchev–Trinajstić information content (AvgIpc) is 2.85. The summed E-state index contributed by atoms with van der Waals surface area (Å²) in [6, 6.07) is 3.85. The molecule has 3 rings (SSSR count). The lowest BCUT2D eigenvalue weighted by Crippen LogP contribution is -2.22. The third-order valence-electron chi connectivity index (χ3n) is 3.59. The van der Waals surface area contributed by atoms with Gasteiger partial charge in [0.25, 0.3) is 0 Å². The quantitative estimate of drug-likeness (QED) is 0.760. The molecule has 1 heterocycles. The lowest BCUT2D eigenvalue weighted by Gasteiger charge is -2.22. The van der Waals surface area contributed by atoms with E-state index in [4.69, 9.17) is 0 Å². The second kappa shape index (κ2) is 3.64. The summed E-state index contributed by atoms with van der Waals surface area (Å²) < 4.78 is 38.7. The van der Waals surface area contributed by atoms with Crippen LogP contribution in [0, 0.1) is 11.8 Å². The minimum atomic E-state index is -4.27. The van der Waals surface area contributed by atoms with Crippen LogP contribution in [0.5, 0.6) is 0 Å². The molecule has 1 aromatic carbocycles. The third-order valence-corrected chi connectivity index (χ3v) is 4.26. The number of alkyl halides is 3. The van der Waals surface area contributed by atoms with Crippen molar-refractivity contribution in [1.29, 1.82) is 0 Å². The van der Waals surface area contributed by atoms with Gasteiger partial charge in [-0.15, -0.1) is 0 Å². The molecule has 17 heavy (non-hydrogen) atoms. The lowest BCUT2D eigenvalue weighted by molar-refractivity contribution is -0.137. The van der Waals surface area contributed by atoms with Crippen molar-refractivity contribution >= 4 is 21.6 Å². The molecule has 0 amide bonds. The van der Waals surface area contributed by atoms with Gasteiger partial charge in [-0.2, -0.15) is 13.2 Å². The number of piperidine rings is 1. The van der Waals surface area contributed by atoms with Gasteiger partial charge in [-0.25, -0.2) is 0 Å². The normalized spacial score (nSPS) is 27.2. The molecule has 2 aliphatic rings. The van der Waals surface area contributed by atoms with Crippen molar-refractivity contribution in [1.82, 2.24) is 0 Å². The summed E-state index contributed by atoms with van der Waals surface area (Å²) in [6.07, 6.45) is -3.02. The maximum Gasteiger partial charge on any atom is 0.416 e. The van der Waals surface area contributed by atoms with Crippen LogP contribution < -0.4 is 4.90 Å². The van der Waals surface area contributed by atoms with E-state index < -0.39 is 11.7 Å². The summed E-state index contributed by atoms with van der Waals surface area (Å²) in [5, 5.41) is 0. The lowest BCUT2D eigenvalue weighted by atomic mass is 10.2. The second-order valence-corrected chi connectivity index (χ2v) is 5.68. The van der Waals surface area contributed by atoms with Crippen LogP contribution in [0.3, 0.4) is 0 Å². The Balaban J connectivity index is 1.92. The Bertz CT molecular complexity index is 448. The van der Waals surface area contributed by atoms with E-state index in [1.807, 2.05) is 0 Å². The average molecular weight is 306 g/mol. The SMILES string of the molecule is FC(F)(F)c1ccc(Br)c(N2CC3CC3C2)c1. The van der Waals surface area contributed by atoms with Gasteiger partial charge in [0.2, 0.25) is 0 Å². The Hall–Kier alpha value is -0.710. The van der Waals surface area contributed by atoms with E-state index in [1.54, 1.807) is 0 Å². The Morgan fingerprint density at radius 2 is 1.82 bits per heavy atom. The van der Waals surface area contributed by atoms with Gasteiger partial charge in [-0.05, 0) is 52.4 Å². The minimum Gasteiger partial charge on any atom is -0.370 e. The van der Waals surface area contributed by atoms with Crippen LogP contribution in [0.1, 0.15) is 12.0 Å². The van der Waals surface area contributed by atoms with E-state index in [-0.39, 0.29) is 0 Å². The minimum absolute atomic E-state index is 0.573. The Morgan fingerprint density at radius 1 is 1.18 bits per heavy atom. The number of nitrogens with zero attached hydrogens (tertiary/aromatic N) is 1. The molecule has 2 fully saturated rings. The molecule has 1 aliphatic carbocycles. The molecule has 2 unspecified atom stereocenters. The zero-order chi connectivity index (χ0) is 12.2. The highest BCUT2D eigenvalue weighted by Gasteiger charge is 2.45. The fourth-order valence-corrected chi connectivity index (χ4v) is 3.02. The van der Waals surface area contributed by atoms with Crippen LogP contribution in [0.25, 0.3) is 0 Å². The summed E-state index contributed by atoms with van der Waals surface area (Å²) in [4.78, 5) is 2.05. The summed E-state index contributed by atoms with van der Waals surface area (Å²) in [6.45, 7) is 1.79. The van der Waals surface area contributed by atoms with E-state index in [0.717, 1.165) is 23.6 Å². The van der Waals surface area contributed by atoms with Crippen LogP contribution in [0.4, 0.5) is 18.9 Å². The fraction of sp³-hybridized carbons (Fsp3) is 0.500. The van der Waals surface area contributed by atoms with E-state index in [2.05, 4.69) is 20.8 Å². The van der Waals surface area contributed by atoms with Gasteiger partial charge in [0.15, 0.2) is 0 Å². The van der Waals surface area contributed by atoms with E-state index in [0.29, 0.717) is 17.5 Å². The van der Waals surface area contributed by atoms with Crippen LogP contribution in [0.2, 0.25) is 0 Å². The molecule has 1 nitrogen and oxygen atoms in total. The first-order chi connectivity index (χ1) is 7.95. The van der Waals surface area contributed by atoms with Crippen LogP contribution >= 0.6 is 15.9 Å². The van der Waals surface area contributed by atoms with E-state index in [9.17, 15) is 13.2 Å². The second-order valence-electron chi connectivity index (χ2n) is 4.82. The summed E-state index contributed by atoms with van der Waals surface area (Å²) in [5.74, 6) is 1.41. The smallest absolute Gasteiger partial charge is 0.370 e. The van der Waals surface area contributed by atoms with Gasteiger partial charge in [0.1, 0.15) is 0 Å². The number of benzene rings is 1. The third kappa shape index (κ3) is 2.05. The van der Waals surface area contributed by atoms with Crippen molar-refractivity contribution in [3.05, 3.63) is 28.2 Å². The first kappa shape index (κ1) is 11.4. The monoisotopic (exact) mass is 305 g/mol. The Labute approximate surface area is 106 Å². The molecule has 0 aromatic heterocycles. The van der Waals surface area contributed by atoms with Gasteiger partial charge in [-0.1, -0.05) is 0 Å². The molecule has 2 atom stereocenters. The fourth-order valence-electron chi connectivity index (χ4n) is 2.53. The Kier molecular flexibility index (Phi) is 2.44. The van der Waals surface area contributed by atoms with Gasteiger partial charge >= 0.3 is 6.18 Å². The molecule has 1 aromatic rings. The van der Waals surface area contributed by atoms with Crippen molar-refractivity contribution in [3.63, 3.8) is 0 Å². The molecule has 0 radical (unpaired) electrons. The molecule has 1 saturated carbocycles. The highest BCUT2D eigenvalue weighted by atomic mass is 79.9. The maximum atomic E-state index is 12.6. The zero-order valence-corrected chi connectivity index (χ0v) is 10.6. The van der Waals surface area contributed by atoms with Crippen LogP contribution in [0.15, 0.2) is 22.7 Å². The molecule has 1 saturated heterocycles.